The Kier molecular flexibility index (Phi) is 5.40. The van der Waals surface area contributed by atoms with Gasteiger partial charge in [0, 0.05) is 31.7 Å². The van der Waals surface area contributed by atoms with Crippen molar-refractivity contribution in [3.05, 3.63) is 78.1 Å². The summed E-state index contributed by atoms with van der Waals surface area (Å²) >= 11 is 0. The number of piperazine rings is 1. The number of carbonyl (C=O) groups excluding carboxylic acids is 1. The topological polar surface area (TPSA) is 70.8 Å². The van der Waals surface area contributed by atoms with Gasteiger partial charge in [0.05, 0.1) is 4.90 Å². The highest BCUT2D eigenvalue weighted by atomic mass is 32.2. The van der Waals surface area contributed by atoms with Crippen molar-refractivity contribution in [2.24, 2.45) is 0 Å². The first-order valence-electron chi connectivity index (χ1n) is 9.25. The molecule has 1 aliphatic rings. The Labute approximate surface area is 172 Å². The van der Waals surface area contributed by atoms with Gasteiger partial charge in [-0.05, 0) is 60.7 Å². The predicted octanol–water partition coefficient (Wildman–Crippen LogP) is 3.37. The summed E-state index contributed by atoms with van der Waals surface area (Å²) in [5.74, 6) is -0.653. The van der Waals surface area contributed by atoms with Gasteiger partial charge < -0.3 is 9.32 Å². The summed E-state index contributed by atoms with van der Waals surface area (Å²) in [4.78, 5) is 14.3. The maximum Gasteiger partial charge on any atom is 0.289 e. The van der Waals surface area contributed by atoms with Crippen molar-refractivity contribution >= 4 is 15.9 Å². The smallest absolute Gasteiger partial charge is 0.289 e. The molecule has 2 aromatic carbocycles. The molecule has 4 rings (SSSR count). The van der Waals surface area contributed by atoms with Crippen LogP contribution in [0, 0.1) is 11.6 Å². The van der Waals surface area contributed by atoms with Crippen LogP contribution in [0.2, 0.25) is 0 Å². The lowest BCUT2D eigenvalue weighted by Gasteiger charge is -2.33. The minimum Gasteiger partial charge on any atom is -0.451 e. The SMILES string of the molecule is O=C(c1ccc(-c2ccc(F)cc2)o1)N1CCN(S(=O)(=O)c2ccc(F)cc2)CC1. The highest BCUT2D eigenvalue weighted by Crippen LogP contribution is 2.24. The van der Waals surface area contributed by atoms with Crippen LogP contribution in [0.5, 0.6) is 0 Å². The van der Waals surface area contributed by atoms with Gasteiger partial charge in [0.2, 0.25) is 10.0 Å². The Bertz CT molecular complexity index is 1150. The average Bonchev–Trinajstić information content (AvgIpc) is 3.24. The Morgan fingerprint density at radius 1 is 0.800 bits per heavy atom. The second-order valence-corrected chi connectivity index (χ2v) is 8.76. The molecule has 9 heteroatoms. The maximum atomic E-state index is 13.1. The average molecular weight is 432 g/mol. The molecule has 3 aromatic rings. The number of nitrogens with zero attached hydrogens (tertiary/aromatic N) is 2. The van der Waals surface area contributed by atoms with Gasteiger partial charge in [0.15, 0.2) is 5.76 Å². The van der Waals surface area contributed by atoms with Gasteiger partial charge in [-0.25, -0.2) is 17.2 Å². The summed E-state index contributed by atoms with van der Waals surface area (Å²) in [5.41, 5.74) is 0.644. The van der Waals surface area contributed by atoms with Crippen LogP contribution in [0.25, 0.3) is 11.3 Å². The monoisotopic (exact) mass is 432 g/mol. The molecule has 2 heterocycles. The zero-order chi connectivity index (χ0) is 21.3. The molecule has 1 aliphatic heterocycles. The van der Waals surface area contributed by atoms with Gasteiger partial charge in [-0.1, -0.05) is 0 Å². The van der Waals surface area contributed by atoms with Gasteiger partial charge in [-0.2, -0.15) is 4.31 Å². The second-order valence-electron chi connectivity index (χ2n) is 6.82. The Balaban J connectivity index is 1.42. The minimum atomic E-state index is -3.75. The van der Waals surface area contributed by atoms with Crippen molar-refractivity contribution < 1.29 is 26.4 Å². The number of halogens is 2. The fourth-order valence-corrected chi connectivity index (χ4v) is 4.69. The molecule has 0 aliphatic carbocycles. The molecule has 1 saturated heterocycles. The molecular weight excluding hydrogens is 414 g/mol. The molecule has 0 radical (unpaired) electrons. The number of rotatable bonds is 4. The van der Waals surface area contributed by atoms with E-state index in [4.69, 9.17) is 4.42 Å². The van der Waals surface area contributed by atoms with E-state index in [1.165, 1.54) is 33.5 Å². The molecule has 0 saturated carbocycles. The summed E-state index contributed by atoms with van der Waals surface area (Å²) in [6.45, 7) is 0.644. The van der Waals surface area contributed by atoms with Gasteiger partial charge in [-0.15, -0.1) is 0 Å². The van der Waals surface area contributed by atoms with Crippen LogP contribution in [-0.4, -0.2) is 49.7 Å². The van der Waals surface area contributed by atoms with Crippen LogP contribution in [0.15, 0.2) is 70.0 Å². The van der Waals surface area contributed by atoms with E-state index in [-0.39, 0.29) is 48.6 Å². The first-order valence-corrected chi connectivity index (χ1v) is 10.7. The summed E-state index contributed by atoms with van der Waals surface area (Å²) in [7, 11) is -3.75. The van der Waals surface area contributed by atoms with E-state index in [1.54, 1.807) is 24.3 Å². The van der Waals surface area contributed by atoms with Crippen LogP contribution >= 0.6 is 0 Å². The molecule has 6 nitrogen and oxygen atoms in total. The predicted molar refractivity (Wildman–Crippen MR) is 105 cm³/mol. The van der Waals surface area contributed by atoms with E-state index in [9.17, 15) is 22.0 Å². The van der Waals surface area contributed by atoms with Crippen molar-refractivity contribution in [1.82, 2.24) is 9.21 Å². The lowest BCUT2D eigenvalue weighted by molar-refractivity contribution is 0.0667. The van der Waals surface area contributed by atoms with E-state index in [1.807, 2.05) is 0 Å². The minimum absolute atomic E-state index is 0.0126. The van der Waals surface area contributed by atoms with E-state index < -0.39 is 15.8 Å². The van der Waals surface area contributed by atoms with Gasteiger partial charge in [0.1, 0.15) is 17.4 Å². The van der Waals surface area contributed by atoms with E-state index in [2.05, 4.69) is 0 Å². The van der Waals surface area contributed by atoms with E-state index >= 15 is 0 Å². The third kappa shape index (κ3) is 3.99. The lowest BCUT2D eigenvalue weighted by atomic mass is 10.2. The highest BCUT2D eigenvalue weighted by molar-refractivity contribution is 7.89. The Morgan fingerprint density at radius 2 is 1.37 bits per heavy atom. The standard InChI is InChI=1S/C21H18F2N2O4S/c22-16-3-1-15(2-4-16)19-9-10-20(29-19)21(26)24-11-13-25(14-12-24)30(27,28)18-7-5-17(23)6-8-18/h1-10H,11-14H2. The number of sulfonamides is 1. The molecule has 0 spiro atoms. The lowest BCUT2D eigenvalue weighted by Crippen LogP contribution is -2.50. The number of hydrogen-bond donors (Lipinski definition) is 0. The maximum absolute atomic E-state index is 13.1. The highest BCUT2D eigenvalue weighted by Gasteiger charge is 2.31. The number of benzene rings is 2. The summed E-state index contributed by atoms with van der Waals surface area (Å²) in [6, 6.07) is 13.6. The Morgan fingerprint density at radius 3 is 1.97 bits per heavy atom. The molecule has 0 bridgehead atoms. The fourth-order valence-electron chi connectivity index (χ4n) is 3.27. The summed E-state index contributed by atoms with van der Waals surface area (Å²) < 4.78 is 58.4. The van der Waals surface area contributed by atoms with Gasteiger partial charge in [0.25, 0.3) is 5.91 Å². The van der Waals surface area contributed by atoms with Gasteiger partial charge >= 0.3 is 0 Å². The molecule has 0 N–H and O–H groups in total. The van der Waals surface area contributed by atoms with E-state index in [0.717, 1.165) is 12.1 Å². The largest absolute Gasteiger partial charge is 0.451 e. The Hall–Kier alpha value is -3.04. The van der Waals surface area contributed by atoms with Crippen LogP contribution in [0.3, 0.4) is 0 Å². The van der Waals surface area contributed by atoms with Gasteiger partial charge in [-0.3, -0.25) is 4.79 Å². The van der Waals surface area contributed by atoms with Crippen LogP contribution in [-0.2, 0) is 10.0 Å². The van der Waals surface area contributed by atoms with Crippen LogP contribution in [0.4, 0.5) is 8.78 Å². The van der Waals surface area contributed by atoms with Crippen molar-refractivity contribution in [2.45, 2.75) is 4.90 Å². The molecule has 1 fully saturated rings. The molecular formula is C21H18F2N2O4S. The van der Waals surface area contributed by atoms with Crippen LogP contribution in [0.1, 0.15) is 10.6 Å². The molecule has 0 atom stereocenters. The van der Waals surface area contributed by atoms with E-state index in [0.29, 0.717) is 11.3 Å². The van der Waals surface area contributed by atoms with Crippen LogP contribution < -0.4 is 0 Å². The zero-order valence-corrected chi connectivity index (χ0v) is 16.6. The second kappa shape index (κ2) is 8.00. The number of carbonyl (C=O) groups is 1. The number of hydrogen-bond acceptors (Lipinski definition) is 4. The first kappa shape index (κ1) is 20.2. The summed E-state index contributed by atoms with van der Waals surface area (Å²) in [5, 5.41) is 0. The zero-order valence-electron chi connectivity index (χ0n) is 15.8. The molecule has 156 valence electrons. The fraction of sp³-hybridized carbons (Fsp3) is 0.190. The molecule has 0 unspecified atom stereocenters. The molecule has 1 aromatic heterocycles. The van der Waals surface area contributed by atoms with Crippen molar-refractivity contribution in [1.29, 1.82) is 0 Å². The van der Waals surface area contributed by atoms with Crippen molar-refractivity contribution in [3.63, 3.8) is 0 Å². The summed E-state index contributed by atoms with van der Waals surface area (Å²) in [6.07, 6.45) is 0. The normalized spacial score (nSPS) is 15.3. The third-order valence-electron chi connectivity index (χ3n) is 4.92. The molecule has 30 heavy (non-hydrogen) atoms. The quantitative estimate of drug-likeness (QED) is 0.634. The first-order chi connectivity index (χ1) is 14.3. The van der Waals surface area contributed by atoms with Crippen molar-refractivity contribution in [3.8, 4) is 11.3 Å². The number of furan rings is 1. The molecule has 1 amide bonds. The van der Waals surface area contributed by atoms with Crippen molar-refractivity contribution in [2.75, 3.05) is 26.2 Å². The third-order valence-corrected chi connectivity index (χ3v) is 6.84. The number of amides is 1.